The van der Waals surface area contributed by atoms with Crippen LogP contribution in [0.5, 0.6) is 0 Å². The lowest BCUT2D eigenvalue weighted by molar-refractivity contribution is -0.424. The van der Waals surface area contributed by atoms with E-state index in [1.807, 2.05) is 0 Å². The summed E-state index contributed by atoms with van der Waals surface area (Å²) in [7, 11) is -48.5. The maximum absolute atomic E-state index is 11.8. The molecule has 1 saturated carbocycles. The van der Waals surface area contributed by atoms with E-state index in [9.17, 15) is 95.9 Å². The van der Waals surface area contributed by atoms with Crippen LogP contribution in [0.15, 0.2) is 0 Å². The van der Waals surface area contributed by atoms with E-state index < -0.39 is 90.7 Å². The smallest absolute Gasteiger partial charge is 0.259 e. The van der Waals surface area contributed by atoms with E-state index in [0.717, 1.165) is 0 Å². The summed E-state index contributed by atoms with van der Waals surface area (Å²) in [6, 6.07) is 0. The van der Waals surface area contributed by atoms with Crippen molar-refractivity contribution < 1.29 is 123 Å². The molecular weight excluding hydrogens is 705 g/mol. The second-order valence-corrected chi connectivity index (χ2v) is 17.1. The Balaban J connectivity index is 4.16. The Kier molecular flexibility index (Phi) is 12.2. The zero-order valence-corrected chi connectivity index (χ0v) is 23.5. The molecular formula is C6H6O26P7-13. The third-order valence-electron chi connectivity index (χ3n) is 3.75. The van der Waals surface area contributed by atoms with E-state index in [2.05, 4.69) is 27.1 Å². The molecule has 7 atom stereocenters. The topological polar surface area (TPSA) is 481 Å². The van der Waals surface area contributed by atoms with Crippen LogP contribution < -0.4 is 68.5 Å². The molecule has 0 aromatic rings. The van der Waals surface area contributed by atoms with Crippen LogP contribution in [0.25, 0.3) is 0 Å². The van der Waals surface area contributed by atoms with Crippen molar-refractivity contribution in [3.8, 4) is 0 Å². The normalized spacial score (nSPS) is 29.7. The van der Waals surface area contributed by atoms with Gasteiger partial charge >= 0.3 is 0 Å². The third-order valence-corrected chi connectivity index (χ3v) is 9.45. The van der Waals surface area contributed by atoms with Crippen molar-refractivity contribution in [3.05, 3.63) is 0 Å². The molecule has 3 unspecified atom stereocenters. The lowest BCUT2D eigenvalue weighted by atomic mass is 9.85. The van der Waals surface area contributed by atoms with Gasteiger partial charge < -0.3 is 118 Å². The van der Waals surface area contributed by atoms with Gasteiger partial charge in [0.1, 0.15) is 36.6 Å². The maximum Gasteiger partial charge on any atom is 0.259 e. The zero-order chi connectivity index (χ0) is 31.2. The summed E-state index contributed by atoms with van der Waals surface area (Å²) >= 11 is 0. The highest BCUT2D eigenvalue weighted by atomic mass is 32.1. The molecule has 0 N–H and O–H groups in total. The second kappa shape index (κ2) is 12.6. The van der Waals surface area contributed by atoms with Gasteiger partial charge in [0.2, 0.25) is 0 Å². The Morgan fingerprint density at radius 2 is 0.513 bits per heavy atom. The molecule has 0 spiro atoms. The van der Waals surface area contributed by atoms with Crippen LogP contribution in [0.4, 0.5) is 0 Å². The van der Waals surface area contributed by atoms with Gasteiger partial charge in [0.05, 0.1) is 39.1 Å². The van der Waals surface area contributed by atoms with Gasteiger partial charge in [-0.3, -0.25) is 4.57 Å². The molecule has 1 aliphatic carbocycles. The molecule has 39 heavy (non-hydrogen) atoms. The molecule has 1 rings (SSSR count). The first kappa shape index (κ1) is 38.0. The summed E-state index contributed by atoms with van der Waals surface area (Å²) in [5, 5.41) is 0. The monoisotopic (exact) mass is 711 g/mol. The number of hydrogen-bond donors (Lipinski definition) is 0. The van der Waals surface area contributed by atoms with E-state index in [-0.39, 0.29) is 0 Å². The molecule has 0 radical (unpaired) electrons. The minimum absolute atomic E-state index is 3.59. The van der Waals surface area contributed by atoms with Crippen molar-refractivity contribution in [3.63, 3.8) is 0 Å². The minimum atomic E-state index is -7.20. The summed E-state index contributed by atoms with van der Waals surface area (Å²) in [5.41, 5.74) is 0. The fourth-order valence-electron chi connectivity index (χ4n) is 2.80. The standard InChI is InChI=1S/C6H19O26P7/c7-33(8,9)27-1-2(28-34(10,11)12)4(30-36(16,17)18)6(32-39(25,26)38(22,23)24)5(31-37(19,20)21)3(1)29-35(13,14)15/h1-6H,(H,25,26)(H2,7,8,9)(H2,10,11,12)(H2,13,14,15)(H2,16,17,18)(H2,19,20,21)(H2,22,23,24)/p-13/t1?,2-,3-,4-,5+,6?/m0/s1. The molecule has 0 saturated heterocycles. The molecule has 0 aliphatic heterocycles. The third kappa shape index (κ3) is 13.0. The Morgan fingerprint density at radius 1 is 0.359 bits per heavy atom. The molecule has 0 amide bonds. The molecule has 234 valence electrons. The fraction of sp³-hybridized carbons (Fsp3) is 1.00. The van der Waals surface area contributed by atoms with E-state index in [1.165, 1.54) is 0 Å². The fourth-order valence-corrected chi connectivity index (χ4v) is 6.82. The van der Waals surface area contributed by atoms with Crippen molar-refractivity contribution in [1.82, 2.24) is 0 Å². The Labute approximate surface area is 214 Å². The first-order valence-electron chi connectivity index (χ1n) is 8.36. The maximum atomic E-state index is 11.8. The van der Waals surface area contributed by atoms with Crippen LogP contribution in [0.3, 0.4) is 0 Å². The number of phosphoric ester groups is 5. The largest absolute Gasteiger partial charge is 0.790 e. The summed E-state index contributed by atoms with van der Waals surface area (Å²) in [4.78, 5) is 157. The summed E-state index contributed by atoms with van der Waals surface area (Å²) in [6.07, 6.45) is -22.7. The quantitative estimate of drug-likeness (QED) is 0.160. The van der Waals surface area contributed by atoms with Crippen molar-refractivity contribution in [2.24, 2.45) is 0 Å². The van der Waals surface area contributed by atoms with Gasteiger partial charge in [-0.1, -0.05) is 7.63 Å². The molecule has 26 nitrogen and oxygen atoms in total. The van der Waals surface area contributed by atoms with E-state index in [0.29, 0.717) is 0 Å². The summed E-state index contributed by atoms with van der Waals surface area (Å²) < 4.78 is 89.3. The van der Waals surface area contributed by atoms with Gasteiger partial charge in [-0.05, 0) is 0 Å². The van der Waals surface area contributed by atoms with E-state index in [4.69, 9.17) is 0 Å². The number of phosphoric acid groups is 5. The molecule has 0 aromatic heterocycles. The van der Waals surface area contributed by atoms with Gasteiger partial charge in [0, 0.05) is 0 Å². The highest BCUT2D eigenvalue weighted by Gasteiger charge is 2.58. The highest BCUT2D eigenvalue weighted by Crippen LogP contribution is 2.70. The molecule has 1 fully saturated rings. The zero-order valence-electron chi connectivity index (χ0n) is 17.2. The van der Waals surface area contributed by atoms with Crippen molar-refractivity contribution in [1.29, 1.82) is 0 Å². The van der Waals surface area contributed by atoms with Crippen LogP contribution in [0.1, 0.15) is 0 Å². The molecule has 0 aromatic carbocycles. The number of hydrogen-bond acceptors (Lipinski definition) is 26. The van der Waals surface area contributed by atoms with Gasteiger partial charge in [-0.2, -0.15) is 0 Å². The van der Waals surface area contributed by atoms with Crippen LogP contribution in [-0.4, -0.2) is 36.6 Å². The summed E-state index contributed by atoms with van der Waals surface area (Å²) in [6.45, 7) is 0. The minimum Gasteiger partial charge on any atom is -0.790 e. The Morgan fingerprint density at radius 3 is 0.641 bits per heavy atom. The predicted octanol–water partition coefficient (Wildman–Crippen LogP) is -12.2. The first-order chi connectivity index (χ1) is 16.8. The van der Waals surface area contributed by atoms with Crippen molar-refractivity contribution in [2.75, 3.05) is 0 Å². The highest BCUT2D eigenvalue weighted by molar-refractivity contribution is 8.27. The van der Waals surface area contributed by atoms with Gasteiger partial charge in [0.15, 0.2) is 0 Å². The molecule has 0 heterocycles. The van der Waals surface area contributed by atoms with Gasteiger partial charge in [0.25, 0.3) is 7.28 Å². The Bertz CT molecular complexity index is 1080. The first-order valence-corrected chi connectivity index (χ1v) is 19.5. The predicted molar refractivity (Wildman–Crippen MR) is 81.8 cm³/mol. The molecule has 0 bridgehead atoms. The second-order valence-electron chi connectivity index (χ2n) is 6.59. The van der Waals surface area contributed by atoms with Crippen LogP contribution in [0.2, 0.25) is 0 Å². The van der Waals surface area contributed by atoms with Crippen molar-refractivity contribution >= 4 is 54.0 Å². The molecule has 33 heteroatoms. The Hall–Kier alpha value is 1.01. The SMILES string of the molecule is O=P([O-])([O-])OC1[C@H](OP(=O)([O-])[O-])[C@H](OP(=O)([O-])[O-])C(OP(=O)([O-])[P+]([O-])([O-])[O-])[C@H](OP(=O)([O-])[O-])[C@H]1OP(=O)([O-])[O-]. The molecule has 1 aliphatic rings. The van der Waals surface area contributed by atoms with Crippen LogP contribution in [0, 0.1) is 0 Å². The summed E-state index contributed by atoms with van der Waals surface area (Å²) in [5.74, 6) is 0. The average molecular weight is 711 g/mol. The van der Waals surface area contributed by atoms with Crippen LogP contribution in [-0.2, 0) is 54.5 Å². The average Bonchev–Trinajstić information content (AvgIpc) is 2.58. The number of rotatable bonds is 13. The van der Waals surface area contributed by atoms with Gasteiger partial charge in [-0.25, -0.2) is 0 Å². The van der Waals surface area contributed by atoms with E-state index in [1.54, 1.807) is 0 Å². The lowest BCUT2D eigenvalue weighted by Crippen LogP contribution is -2.68. The van der Waals surface area contributed by atoms with Gasteiger partial charge in [-0.15, -0.1) is 0 Å². The van der Waals surface area contributed by atoms with Crippen molar-refractivity contribution in [2.45, 2.75) is 36.6 Å². The van der Waals surface area contributed by atoms with Crippen LogP contribution >= 0.6 is 54.0 Å². The van der Waals surface area contributed by atoms with E-state index >= 15 is 0 Å². The lowest BCUT2D eigenvalue weighted by Gasteiger charge is -2.58.